The highest BCUT2D eigenvalue weighted by atomic mass is 32.1. The van der Waals surface area contributed by atoms with Crippen molar-refractivity contribution in [3.05, 3.63) is 53.7 Å². The Labute approximate surface area is 125 Å². The van der Waals surface area contributed by atoms with Crippen molar-refractivity contribution in [3.63, 3.8) is 0 Å². The highest BCUT2D eigenvalue weighted by molar-refractivity contribution is 7.13. The predicted molar refractivity (Wildman–Crippen MR) is 83.9 cm³/mol. The Morgan fingerprint density at radius 2 is 2.00 bits per heavy atom. The molecule has 1 aromatic heterocycles. The third kappa shape index (κ3) is 2.60. The number of nitrogens with zero attached hydrogens (tertiary/aromatic N) is 1. The molecule has 3 nitrogen and oxygen atoms in total. The van der Waals surface area contributed by atoms with E-state index < -0.39 is 5.82 Å². The fourth-order valence-corrected chi connectivity index (χ4v) is 2.92. The van der Waals surface area contributed by atoms with E-state index in [0.29, 0.717) is 11.3 Å². The Bertz CT molecular complexity index is 785. The maximum Gasteiger partial charge on any atom is 0.165 e. The summed E-state index contributed by atoms with van der Waals surface area (Å²) < 4.78 is 18.7. The van der Waals surface area contributed by atoms with Crippen molar-refractivity contribution >= 4 is 17.0 Å². The van der Waals surface area contributed by atoms with Gasteiger partial charge in [-0.25, -0.2) is 9.37 Å². The number of para-hydroxylation sites is 1. The Balaban J connectivity index is 1.99. The molecular weight excluding hydrogens is 287 g/mol. The number of rotatable bonds is 3. The molecule has 3 rings (SSSR count). The van der Waals surface area contributed by atoms with Gasteiger partial charge in [0.25, 0.3) is 0 Å². The van der Waals surface area contributed by atoms with E-state index in [-0.39, 0.29) is 5.75 Å². The highest BCUT2D eigenvalue weighted by Gasteiger charge is 2.11. The number of hydrogen-bond acceptors (Lipinski definition) is 4. The van der Waals surface area contributed by atoms with E-state index in [1.54, 1.807) is 12.1 Å². The molecule has 2 aromatic carbocycles. The van der Waals surface area contributed by atoms with Gasteiger partial charge in [0, 0.05) is 22.2 Å². The first-order chi connectivity index (χ1) is 10.2. The fraction of sp³-hybridized carbons (Fsp3) is 0.0625. The van der Waals surface area contributed by atoms with Gasteiger partial charge in [-0.05, 0) is 30.3 Å². The Kier molecular flexibility index (Phi) is 3.58. The Hall–Kier alpha value is -2.40. The summed E-state index contributed by atoms with van der Waals surface area (Å²) in [6, 6.07) is 12.4. The van der Waals surface area contributed by atoms with Gasteiger partial charge in [-0.1, -0.05) is 12.1 Å². The molecule has 0 amide bonds. The minimum absolute atomic E-state index is 0.224. The molecular formula is C16H13FN2OS. The lowest BCUT2D eigenvalue weighted by Gasteiger charge is -2.03. The SMILES string of the molecule is COc1ccc(-c2csc(-c3ccccc3N)n2)cc1F. The van der Waals surface area contributed by atoms with Gasteiger partial charge in [-0.2, -0.15) is 0 Å². The molecule has 0 spiro atoms. The van der Waals surface area contributed by atoms with Gasteiger partial charge in [0.1, 0.15) is 5.01 Å². The monoisotopic (exact) mass is 300 g/mol. The summed E-state index contributed by atoms with van der Waals surface area (Å²) >= 11 is 1.48. The third-order valence-corrected chi connectivity index (χ3v) is 4.02. The zero-order chi connectivity index (χ0) is 14.8. The first-order valence-electron chi connectivity index (χ1n) is 6.33. The lowest BCUT2D eigenvalue weighted by Crippen LogP contribution is -1.90. The summed E-state index contributed by atoms with van der Waals surface area (Å²) in [4.78, 5) is 4.54. The second kappa shape index (κ2) is 5.54. The first-order valence-corrected chi connectivity index (χ1v) is 7.21. The second-order valence-electron chi connectivity index (χ2n) is 4.47. The molecule has 0 fully saturated rings. The normalized spacial score (nSPS) is 10.6. The van der Waals surface area contributed by atoms with E-state index in [2.05, 4.69) is 4.98 Å². The molecule has 106 valence electrons. The van der Waals surface area contributed by atoms with E-state index in [9.17, 15) is 4.39 Å². The van der Waals surface area contributed by atoms with Crippen molar-refractivity contribution in [2.45, 2.75) is 0 Å². The smallest absolute Gasteiger partial charge is 0.165 e. The summed E-state index contributed by atoms with van der Waals surface area (Å²) in [7, 11) is 1.44. The van der Waals surface area contributed by atoms with Crippen LogP contribution in [0.3, 0.4) is 0 Å². The van der Waals surface area contributed by atoms with E-state index in [4.69, 9.17) is 10.5 Å². The molecule has 0 aliphatic carbocycles. The summed E-state index contributed by atoms with van der Waals surface area (Å²) in [6.45, 7) is 0. The first kappa shape index (κ1) is 13.6. The van der Waals surface area contributed by atoms with Crippen molar-refractivity contribution in [1.82, 2.24) is 4.98 Å². The Morgan fingerprint density at radius 3 is 2.71 bits per heavy atom. The highest BCUT2D eigenvalue weighted by Crippen LogP contribution is 2.33. The van der Waals surface area contributed by atoms with Crippen LogP contribution in [0.4, 0.5) is 10.1 Å². The van der Waals surface area contributed by atoms with Gasteiger partial charge in [0.05, 0.1) is 12.8 Å². The number of methoxy groups -OCH3 is 1. The molecule has 0 aliphatic rings. The van der Waals surface area contributed by atoms with Crippen LogP contribution in [-0.2, 0) is 0 Å². The molecule has 0 aliphatic heterocycles. The molecule has 21 heavy (non-hydrogen) atoms. The van der Waals surface area contributed by atoms with Gasteiger partial charge in [-0.3, -0.25) is 0 Å². The molecule has 0 radical (unpaired) electrons. The number of nitrogen functional groups attached to an aromatic ring is 1. The van der Waals surface area contributed by atoms with Gasteiger partial charge in [0.2, 0.25) is 0 Å². The molecule has 0 atom stereocenters. The maximum atomic E-state index is 13.8. The zero-order valence-corrected chi connectivity index (χ0v) is 12.2. The van der Waals surface area contributed by atoms with Crippen molar-refractivity contribution in [3.8, 4) is 27.6 Å². The zero-order valence-electron chi connectivity index (χ0n) is 11.3. The van der Waals surface area contributed by atoms with Gasteiger partial charge >= 0.3 is 0 Å². The molecule has 3 aromatic rings. The van der Waals surface area contributed by atoms with Crippen LogP contribution >= 0.6 is 11.3 Å². The van der Waals surface area contributed by atoms with Crippen LogP contribution < -0.4 is 10.5 Å². The quantitative estimate of drug-likeness (QED) is 0.737. The second-order valence-corrected chi connectivity index (χ2v) is 5.33. The lowest BCUT2D eigenvalue weighted by molar-refractivity contribution is 0.386. The number of nitrogens with two attached hydrogens (primary N) is 1. The maximum absolute atomic E-state index is 13.8. The van der Waals surface area contributed by atoms with Crippen LogP contribution in [0.25, 0.3) is 21.8 Å². The number of anilines is 1. The number of benzene rings is 2. The van der Waals surface area contributed by atoms with Crippen molar-refractivity contribution < 1.29 is 9.13 Å². The summed E-state index contributed by atoms with van der Waals surface area (Å²) in [6.07, 6.45) is 0. The van der Waals surface area contributed by atoms with Crippen molar-refractivity contribution in [2.24, 2.45) is 0 Å². The largest absolute Gasteiger partial charge is 0.494 e. The van der Waals surface area contributed by atoms with Crippen molar-refractivity contribution in [1.29, 1.82) is 0 Å². The average molecular weight is 300 g/mol. The fourth-order valence-electron chi connectivity index (χ4n) is 2.05. The molecule has 0 unspecified atom stereocenters. The van der Waals surface area contributed by atoms with Crippen LogP contribution in [-0.4, -0.2) is 12.1 Å². The number of hydrogen-bond donors (Lipinski definition) is 1. The molecule has 5 heteroatoms. The van der Waals surface area contributed by atoms with E-state index >= 15 is 0 Å². The molecule has 1 heterocycles. The van der Waals surface area contributed by atoms with E-state index in [1.165, 1.54) is 24.5 Å². The van der Waals surface area contributed by atoms with E-state index in [1.807, 2.05) is 29.6 Å². The summed E-state index contributed by atoms with van der Waals surface area (Å²) in [5.41, 5.74) is 8.96. The van der Waals surface area contributed by atoms with Crippen LogP contribution in [0.15, 0.2) is 47.8 Å². The summed E-state index contributed by atoms with van der Waals surface area (Å²) in [5.74, 6) is -0.176. The van der Waals surface area contributed by atoms with Crippen LogP contribution in [0.2, 0.25) is 0 Å². The topological polar surface area (TPSA) is 48.1 Å². The Morgan fingerprint density at radius 1 is 1.19 bits per heavy atom. The van der Waals surface area contributed by atoms with Gasteiger partial charge < -0.3 is 10.5 Å². The lowest BCUT2D eigenvalue weighted by atomic mass is 10.1. The molecule has 2 N–H and O–H groups in total. The number of halogens is 1. The minimum atomic E-state index is -0.399. The number of ether oxygens (including phenoxy) is 1. The van der Waals surface area contributed by atoms with Crippen LogP contribution in [0.5, 0.6) is 5.75 Å². The standard InChI is InChI=1S/C16H13FN2OS/c1-20-15-7-6-10(8-12(15)17)14-9-21-16(19-14)11-4-2-3-5-13(11)18/h2-9H,18H2,1H3. The van der Waals surface area contributed by atoms with Crippen LogP contribution in [0.1, 0.15) is 0 Å². The molecule has 0 bridgehead atoms. The third-order valence-electron chi connectivity index (χ3n) is 3.14. The van der Waals surface area contributed by atoms with Crippen molar-refractivity contribution in [2.75, 3.05) is 12.8 Å². The number of thiazole rings is 1. The minimum Gasteiger partial charge on any atom is -0.494 e. The number of aromatic nitrogens is 1. The summed E-state index contributed by atoms with van der Waals surface area (Å²) in [5, 5.41) is 2.71. The van der Waals surface area contributed by atoms with Crippen LogP contribution in [0, 0.1) is 5.82 Å². The van der Waals surface area contributed by atoms with E-state index in [0.717, 1.165) is 16.3 Å². The van der Waals surface area contributed by atoms with Gasteiger partial charge in [-0.15, -0.1) is 11.3 Å². The predicted octanol–water partition coefficient (Wildman–Crippen LogP) is 4.21. The van der Waals surface area contributed by atoms with Gasteiger partial charge in [0.15, 0.2) is 11.6 Å². The average Bonchev–Trinajstić information content (AvgIpc) is 2.97. The molecule has 0 saturated heterocycles. The molecule has 0 saturated carbocycles.